The number of nitrogens with two attached hydrogens (primary N) is 1. The van der Waals surface area contributed by atoms with E-state index in [9.17, 15) is 0 Å². The van der Waals surface area contributed by atoms with Crippen molar-refractivity contribution in [1.29, 1.82) is 0 Å². The SMILES string of the molecule is CCC1(C)CCN(C[C@H](C)N)CC1. The molecule has 0 aromatic rings. The molecule has 0 unspecified atom stereocenters. The molecule has 13 heavy (non-hydrogen) atoms. The van der Waals surface area contributed by atoms with Crippen LogP contribution in [0.25, 0.3) is 0 Å². The fourth-order valence-corrected chi connectivity index (χ4v) is 2.04. The Balaban J connectivity index is 2.30. The van der Waals surface area contributed by atoms with Gasteiger partial charge in [-0.25, -0.2) is 0 Å². The maximum Gasteiger partial charge on any atom is 0.0139 e. The van der Waals surface area contributed by atoms with E-state index in [1.54, 1.807) is 0 Å². The summed E-state index contributed by atoms with van der Waals surface area (Å²) in [7, 11) is 0. The molecular weight excluding hydrogens is 160 g/mol. The summed E-state index contributed by atoms with van der Waals surface area (Å²) in [5.74, 6) is 0. The van der Waals surface area contributed by atoms with E-state index < -0.39 is 0 Å². The smallest absolute Gasteiger partial charge is 0.0139 e. The standard InChI is InChI=1S/C11H24N2/c1-4-11(3)5-7-13(8-6-11)9-10(2)12/h10H,4-9,12H2,1-3H3/t10-/m0/s1. The molecule has 0 saturated carbocycles. The second kappa shape index (κ2) is 4.43. The number of likely N-dealkylation sites (tertiary alicyclic amines) is 1. The van der Waals surface area contributed by atoms with Crippen molar-refractivity contribution in [2.45, 2.75) is 46.1 Å². The van der Waals surface area contributed by atoms with Crippen LogP contribution in [0.4, 0.5) is 0 Å². The zero-order chi connectivity index (χ0) is 9.90. The van der Waals surface area contributed by atoms with E-state index in [0.29, 0.717) is 11.5 Å². The lowest BCUT2D eigenvalue weighted by molar-refractivity contribution is 0.111. The van der Waals surface area contributed by atoms with E-state index in [2.05, 4.69) is 25.7 Å². The molecule has 0 bridgehead atoms. The second-order valence-corrected chi connectivity index (χ2v) is 4.94. The molecule has 0 aliphatic carbocycles. The van der Waals surface area contributed by atoms with Gasteiger partial charge in [-0.2, -0.15) is 0 Å². The van der Waals surface area contributed by atoms with E-state index in [-0.39, 0.29) is 0 Å². The minimum atomic E-state index is 0.325. The topological polar surface area (TPSA) is 29.3 Å². The number of rotatable bonds is 3. The van der Waals surface area contributed by atoms with Crippen LogP contribution in [0.5, 0.6) is 0 Å². The third kappa shape index (κ3) is 3.28. The van der Waals surface area contributed by atoms with Crippen LogP contribution in [0.1, 0.15) is 40.0 Å². The molecule has 2 heteroatoms. The summed E-state index contributed by atoms with van der Waals surface area (Å²) in [5.41, 5.74) is 6.39. The monoisotopic (exact) mass is 184 g/mol. The lowest BCUT2D eigenvalue weighted by Gasteiger charge is -2.39. The van der Waals surface area contributed by atoms with Crippen molar-refractivity contribution in [2.24, 2.45) is 11.1 Å². The van der Waals surface area contributed by atoms with Crippen LogP contribution in [0.3, 0.4) is 0 Å². The van der Waals surface area contributed by atoms with Gasteiger partial charge < -0.3 is 10.6 Å². The van der Waals surface area contributed by atoms with Gasteiger partial charge in [-0.05, 0) is 38.3 Å². The highest BCUT2D eigenvalue weighted by molar-refractivity contribution is 4.82. The zero-order valence-corrected chi connectivity index (χ0v) is 9.34. The fraction of sp³-hybridized carbons (Fsp3) is 1.00. The summed E-state index contributed by atoms with van der Waals surface area (Å²) in [4.78, 5) is 2.50. The van der Waals surface area contributed by atoms with E-state index in [1.807, 2.05) is 0 Å². The predicted octanol–water partition coefficient (Wildman–Crippen LogP) is 1.85. The molecular formula is C11H24N2. The molecule has 1 fully saturated rings. The quantitative estimate of drug-likeness (QED) is 0.725. The molecule has 2 nitrogen and oxygen atoms in total. The normalized spacial score (nSPS) is 25.8. The third-order valence-electron chi connectivity index (χ3n) is 3.46. The summed E-state index contributed by atoms with van der Waals surface area (Å²) >= 11 is 0. The van der Waals surface area contributed by atoms with Gasteiger partial charge in [0.05, 0.1) is 0 Å². The van der Waals surface area contributed by atoms with Crippen LogP contribution in [0.15, 0.2) is 0 Å². The molecule has 1 aliphatic heterocycles. The molecule has 0 aromatic heterocycles. The number of hydrogen-bond donors (Lipinski definition) is 1. The summed E-state index contributed by atoms with van der Waals surface area (Å²) in [6.45, 7) is 10.4. The van der Waals surface area contributed by atoms with Gasteiger partial charge in [0, 0.05) is 12.6 Å². The van der Waals surface area contributed by atoms with Crippen molar-refractivity contribution < 1.29 is 0 Å². The molecule has 78 valence electrons. The van der Waals surface area contributed by atoms with Crippen molar-refractivity contribution >= 4 is 0 Å². The molecule has 2 N–H and O–H groups in total. The first-order valence-electron chi connectivity index (χ1n) is 5.54. The van der Waals surface area contributed by atoms with Crippen LogP contribution < -0.4 is 5.73 Å². The van der Waals surface area contributed by atoms with Crippen LogP contribution >= 0.6 is 0 Å². The second-order valence-electron chi connectivity index (χ2n) is 4.94. The number of nitrogens with zero attached hydrogens (tertiary/aromatic N) is 1. The maximum absolute atomic E-state index is 5.78. The highest BCUT2D eigenvalue weighted by Crippen LogP contribution is 2.33. The van der Waals surface area contributed by atoms with Gasteiger partial charge in [0.15, 0.2) is 0 Å². The lowest BCUT2D eigenvalue weighted by atomic mass is 9.78. The van der Waals surface area contributed by atoms with Crippen LogP contribution in [-0.2, 0) is 0 Å². The van der Waals surface area contributed by atoms with Crippen LogP contribution in [0, 0.1) is 5.41 Å². The molecule has 0 aromatic carbocycles. The van der Waals surface area contributed by atoms with Crippen molar-refractivity contribution in [1.82, 2.24) is 4.90 Å². The Kier molecular flexibility index (Phi) is 3.74. The average Bonchev–Trinajstić information content (AvgIpc) is 2.09. The predicted molar refractivity (Wildman–Crippen MR) is 57.7 cm³/mol. The highest BCUT2D eigenvalue weighted by atomic mass is 15.1. The first kappa shape index (κ1) is 11.0. The van der Waals surface area contributed by atoms with Gasteiger partial charge in [0.2, 0.25) is 0 Å². The molecule has 0 radical (unpaired) electrons. The minimum absolute atomic E-state index is 0.325. The maximum atomic E-state index is 5.78. The van der Waals surface area contributed by atoms with Crippen molar-refractivity contribution in [3.63, 3.8) is 0 Å². The molecule has 1 saturated heterocycles. The first-order valence-corrected chi connectivity index (χ1v) is 5.54. The van der Waals surface area contributed by atoms with Gasteiger partial charge >= 0.3 is 0 Å². The van der Waals surface area contributed by atoms with Crippen LogP contribution in [0.2, 0.25) is 0 Å². The Morgan fingerprint density at radius 2 is 1.92 bits per heavy atom. The lowest BCUT2D eigenvalue weighted by Crippen LogP contribution is -2.43. The van der Waals surface area contributed by atoms with Crippen molar-refractivity contribution in [3.05, 3.63) is 0 Å². The molecule has 1 rings (SSSR count). The summed E-state index contributed by atoms with van der Waals surface area (Å²) in [6, 6.07) is 0.325. The molecule has 0 amide bonds. The Bertz CT molecular complexity index is 146. The minimum Gasteiger partial charge on any atom is -0.327 e. The highest BCUT2D eigenvalue weighted by Gasteiger charge is 2.28. The molecule has 1 heterocycles. The van der Waals surface area contributed by atoms with Crippen molar-refractivity contribution in [3.8, 4) is 0 Å². The Hall–Kier alpha value is -0.0800. The van der Waals surface area contributed by atoms with E-state index in [1.165, 1.54) is 32.4 Å². The van der Waals surface area contributed by atoms with Gasteiger partial charge in [-0.1, -0.05) is 20.3 Å². The molecule has 1 aliphatic rings. The number of piperidine rings is 1. The molecule has 1 atom stereocenters. The number of hydrogen-bond acceptors (Lipinski definition) is 2. The van der Waals surface area contributed by atoms with Crippen molar-refractivity contribution in [2.75, 3.05) is 19.6 Å². The Morgan fingerprint density at radius 1 is 1.38 bits per heavy atom. The van der Waals surface area contributed by atoms with Gasteiger partial charge in [-0.3, -0.25) is 0 Å². The largest absolute Gasteiger partial charge is 0.327 e. The van der Waals surface area contributed by atoms with Gasteiger partial charge in [-0.15, -0.1) is 0 Å². The summed E-state index contributed by atoms with van der Waals surface area (Å²) < 4.78 is 0. The zero-order valence-electron chi connectivity index (χ0n) is 9.34. The Morgan fingerprint density at radius 3 is 2.31 bits per heavy atom. The molecule has 0 spiro atoms. The Labute approximate surface area is 82.5 Å². The van der Waals surface area contributed by atoms with Crippen LogP contribution in [-0.4, -0.2) is 30.6 Å². The average molecular weight is 184 g/mol. The third-order valence-corrected chi connectivity index (χ3v) is 3.46. The first-order chi connectivity index (χ1) is 6.06. The van der Waals surface area contributed by atoms with E-state index >= 15 is 0 Å². The fourth-order valence-electron chi connectivity index (χ4n) is 2.04. The summed E-state index contributed by atoms with van der Waals surface area (Å²) in [6.07, 6.45) is 4.01. The summed E-state index contributed by atoms with van der Waals surface area (Å²) in [5, 5.41) is 0. The van der Waals surface area contributed by atoms with E-state index in [4.69, 9.17) is 5.73 Å². The van der Waals surface area contributed by atoms with E-state index in [0.717, 1.165) is 6.54 Å². The van der Waals surface area contributed by atoms with Gasteiger partial charge in [0.1, 0.15) is 0 Å². The van der Waals surface area contributed by atoms with Gasteiger partial charge in [0.25, 0.3) is 0 Å².